The average molecular weight is 388 g/mol. The van der Waals surface area contributed by atoms with Gasteiger partial charge < -0.3 is 15.2 Å². The summed E-state index contributed by atoms with van der Waals surface area (Å²) in [6.07, 6.45) is 1.61. The zero-order chi connectivity index (χ0) is 19.3. The van der Waals surface area contributed by atoms with Crippen LogP contribution in [0.15, 0.2) is 48.5 Å². The molecule has 27 heavy (non-hydrogen) atoms. The molecule has 0 radical (unpaired) electrons. The van der Waals surface area contributed by atoms with E-state index in [-0.39, 0.29) is 23.3 Å². The largest absolute Gasteiger partial charge is 0.478 e. The van der Waals surface area contributed by atoms with Gasteiger partial charge in [0.2, 0.25) is 5.91 Å². The van der Waals surface area contributed by atoms with Crippen LogP contribution in [0, 0.1) is 0 Å². The second-order valence-corrected chi connectivity index (χ2v) is 7.26. The second kappa shape index (κ2) is 8.55. The van der Waals surface area contributed by atoms with Crippen LogP contribution in [-0.4, -0.2) is 36.7 Å². The SMILES string of the molecule is O=C(Cc1ccccc1C(=O)O)NCC1(c2cccc(Cl)c2)CCOCC1. The molecule has 0 saturated carbocycles. The molecule has 1 aliphatic heterocycles. The van der Waals surface area contributed by atoms with Crippen molar-refractivity contribution < 1.29 is 19.4 Å². The molecule has 1 fully saturated rings. The van der Waals surface area contributed by atoms with Gasteiger partial charge in [0.25, 0.3) is 0 Å². The summed E-state index contributed by atoms with van der Waals surface area (Å²) in [7, 11) is 0. The van der Waals surface area contributed by atoms with Crippen LogP contribution in [0.4, 0.5) is 0 Å². The number of hydrogen-bond donors (Lipinski definition) is 2. The fraction of sp³-hybridized carbons (Fsp3) is 0.333. The van der Waals surface area contributed by atoms with Crippen LogP contribution in [0.1, 0.15) is 34.3 Å². The van der Waals surface area contributed by atoms with Crippen LogP contribution in [0.25, 0.3) is 0 Å². The summed E-state index contributed by atoms with van der Waals surface area (Å²) in [6.45, 7) is 1.72. The van der Waals surface area contributed by atoms with Gasteiger partial charge in [-0.1, -0.05) is 41.9 Å². The number of benzene rings is 2. The zero-order valence-electron chi connectivity index (χ0n) is 14.9. The third kappa shape index (κ3) is 4.67. The molecule has 0 bridgehead atoms. The number of nitrogens with one attached hydrogen (secondary N) is 1. The van der Waals surface area contributed by atoms with Crippen LogP contribution in [-0.2, 0) is 21.4 Å². The zero-order valence-corrected chi connectivity index (χ0v) is 15.7. The normalized spacial score (nSPS) is 15.9. The van der Waals surface area contributed by atoms with Gasteiger partial charge in [-0.05, 0) is 42.2 Å². The highest BCUT2D eigenvalue weighted by Crippen LogP contribution is 2.35. The number of carbonyl (C=O) groups is 2. The van der Waals surface area contributed by atoms with E-state index in [1.807, 2.05) is 24.3 Å². The second-order valence-electron chi connectivity index (χ2n) is 6.82. The number of carbonyl (C=O) groups excluding carboxylic acids is 1. The summed E-state index contributed by atoms with van der Waals surface area (Å²) in [6, 6.07) is 14.3. The Bertz CT molecular complexity index is 830. The molecule has 2 N–H and O–H groups in total. The van der Waals surface area contributed by atoms with Crippen molar-refractivity contribution in [1.82, 2.24) is 5.32 Å². The fourth-order valence-electron chi connectivity index (χ4n) is 3.53. The molecule has 0 unspecified atom stereocenters. The van der Waals surface area contributed by atoms with Gasteiger partial charge in [-0.15, -0.1) is 0 Å². The van der Waals surface area contributed by atoms with Crippen molar-refractivity contribution in [2.75, 3.05) is 19.8 Å². The van der Waals surface area contributed by atoms with E-state index < -0.39 is 5.97 Å². The number of rotatable bonds is 6. The molecular formula is C21H22ClNO4. The molecule has 1 aliphatic rings. The maximum Gasteiger partial charge on any atom is 0.335 e. The van der Waals surface area contributed by atoms with Gasteiger partial charge in [0.1, 0.15) is 0 Å². The van der Waals surface area contributed by atoms with Crippen LogP contribution in [0.5, 0.6) is 0 Å². The monoisotopic (exact) mass is 387 g/mol. The molecule has 142 valence electrons. The van der Waals surface area contributed by atoms with Crippen LogP contribution >= 0.6 is 11.6 Å². The first-order valence-corrected chi connectivity index (χ1v) is 9.30. The summed E-state index contributed by atoms with van der Waals surface area (Å²) in [5.41, 5.74) is 1.52. The summed E-state index contributed by atoms with van der Waals surface area (Å²) < 4.78 is 5.51. The minimum atomic E-state index is -1.03. The lowest BCUT2D eigenvalue weighted by Crippen LogP contribution is -2.45. The van der Waals surface area contributed by atoms with Crippen molar-refractivity contribution in [2.24, 2.45) is 0 Å². The van der Waals surface area contributed by atoms with E-state index in [2.05, 4.69) is 5.32 Å². The number of hydrogen-bond acceptors (Lipinski definition) is 3. The molecule has 3 rings (SSSR count). The maximum atomic E-state index is 12.5. The predicted octanol–water partition coefficient (Wildman–Crippen LogP) is 3.45. The number of ether oxygens (including phenoxy) is 1. The van der Waals surface area contributed by atoms with Crippen molar-refractivity contribution >= 4 is 23.5 Å². The van der Waals surface area contributed by atoms with Gasteiger partial charge in [0, 0.05) is 30.2 Å². The molecule has 0 aliphatic carbocycles. The van der Waals surface area contributed by atoms with Crippen molar-refractivity contribution in [3.8, 4) is 0 Å². The highest BCUT2D eigenvalue weighted by Gasteiger charge is 2.35. The summed E-state index contributed by atoms with van der Waals surface area (Å²) in [4.78, 5) is 23.8. The van der Waals surface area contributed by atoms with E-state index in [0.717, 1.165) is 18.4 Å². The first kappa shape index (κ1) is 19.4. The molecule has 0 aromatic heterocycles. The highest BCUT2D eigenvalue weighted by atomic mass is 35.5. The van der Waals surface area contributed by atoms with Crippen molar-refractivity contribution in [1.29, 1.82) is 0 Å². The third-order valence-electron chi connectivity index (χ3n) is 5.11. The molecule has 1 amide bonds. The highest BCUT2D eigenvalue weighted by molar-refractivity contribution is 6.30. The average Bonchev–Trinajstić information content (AvgIpc) is 2.67. The topological polar surface area (TPSA) is 75.6 Å². The van der Waals surface area contributed by atoms with Gasteiger partial charge in [0.15, 0.2) is 0 Å². The van der Waals surface area contributed by atoms with E-state index in [0.29, 0.717) is 30.3 Å². The lowest BCUT2D eigenvalue weighted by atomic mass is 9.74. The van der Waals surface area contributed by atoms with Gasteiger partial charge in [0.05, 0.1) is 12.0 Å². The number of carboxylic acids is 1. The van der Waals surface area contributed by atoms with E-state index in [4.69, 9.17) is 16.3 Å². The minimum Gasteiger partial charge on any atom is -0.478 e. The van der Waals surface area contributed by atoms with Crippen molar-refractivity contribution in [3.05, 3.63) is 70.2 Å². The Kier molecular flexibility index (Phi) is 6.14. The molecule has 6 heteroatoms. The molecular weight excluding hydrogens is 366 g/mol. The Morgan fingerprint density at radius 2 is 1.85 bits per heavy atom. The van der Waals surface area contributed by atoms with Crippen molar-refractivity contribution in [3.63, 3.8) is 0 Å². The molecule has 0 spiro atoms. The van der Waals surface area contributed by atoms with E-state index in [1.165, 1.54) is 6.07 Å². The Labute approximate surface area is 163 Å². The molecule has 1 heterocycles. The Morgan fingerprint density at radius 3 is 2.56 bits per heavy atom. The number of aromatic carboxylic acids is 1. The first-order chi connectivity index (χ1) is 13.0. The van der Waals surface area contributed by atoms with Crippen LogP contribution in [0.3, 0.4) is 0 Å². The number of carboxylic acid groups (broad SMARTS) is 1. The Balaban J connectivity index is 1.73. The summed E-state index contributed by atoms with van der Waals surface area (Å²) in [5, 5.41) is 12.9. The van der Waals surface area contributed by atoms with Gasteiger partial charge >= 0.3 is 5.97 Å². The lowest BCUT2D eigenvalue weighted by Gasteiger charge is -2.38. The smallest absolute Gasteiger partial charge is 0.335 e. The lowest BCUT2D eigenvalue weighted by molar-refractivity contribution is -0.120. The third-order valence-corrected chi connectivity index (χ3v) is 5.34. The summed E-state index contributed by atoms with van der Waals surface area (Å²) in [5.74, 6) is -1.23. The first-order valence-electron chi connectivity index (χ1n) is 8.92. The van der Waals surface area contributed by atoms with Gasteiger partial charge in [-0.25, -0.2) is 4.79 Å². The molecule has 1 saturated heterocycles. The fourth-order valence-corrected chi connectivity index (χ4v) is 3.72. The molecule has 0 atom stereocenters. The van der Waals surface area contributed by atoms with E-state index >= 15 is 0 Å². The molecule has 2 aromatic rings. The van der Waals surface area contributed by atoms with Gasteiger partial charge in [-0.3, -0.25) is 4.79 Å². The van der Waals surface area contributed by atoms with Crippen LogP contribution < -0.4 is 5.32 Å². The standard InChI is InChI=1S/C21H22ClNO4/c22-17-6-3-5-16(13-17)21(8-10-27-11-9-21)14-23-19(24)12-15-4-1-2-7-18(15)20(25)26/h1-7,13H,8-12,14H2,(H,23,24)(H,25,26). The quantitative estimate of drug-likeness (QED) is 0.796. The maximum absolute atomic E-state index is 12.5. The van der Waals surface area contributed by atoms with Gasteiger partial charge in [-0.2, -0.15) is 0 Å². The Morgan fingerprint density at radius 1 is 1.11 bits per heavy atom. The predicted molar refractivity (Wildman–Crippen MR) is 103 cm³/mol. The van der Waals surface area contributed by atoms with E-state index in [1.54, 1.807) is 18.2 Å². The molecule has 2 aromatic carbocycles. The molecule has 5 nitrogen and oxygen atoms in total. The van der Waals surface area contributed by atoms with E-state index in [9.17, 15) is 14.7 Å². The summed E-state index contributed by atoms with van der Waals surface area (Å²) >= 11 is 6.17. The van der Waals surface area contributed by atoms with Crippen molar-refractivity contribution in [2.45, 2.75) is 24.7 Å². The number of amides is 1. The van der Waals surface area contributed by atoms with Crippen LogP contribution in [0.2, 0.25) is 5.02 Å². The minimum absolute atomic E-state index is 0.0323. The Hall–Kier alpha value is -2.37. The number of halogens is 1.